The molecule has 0 aliphatic heterocycles. The van der Waals surface area contributed by atoms with Crippen LogP contribution in [0.5, 0.6) is 11.5 Å². The van der Waals surface area contributed by atoms with Gasteiger partial charge in [-0.3, -0.25) is 9.59 Å². The topological polar surface area (TPSA) is 82.5 Å². The molecule has 2 aromatic carbocycles. The lowest BCUT2D eigenvalue weighted by Gasteiger charge is -2.09. The van der Waals surface area contributed by atoms with E-state index in [1.54, 1.807) is 7.11 Å². The number of rotatable bonds is 8. The largest absolute Gasteiger partial charge is 0.497 e. The highest BCUT2D eigenvalue weighted by atomic mass is 16.5. The van der Waals surface area contributed by atoms with Crippen LogP contribution in [0.25, 0.3) is 0 Å². The molecule has 1 heterocycles. The van der Waals surface area contributed by atoms with Crippen LogP contribution in [0, 0.1) is 0 Å². The van der Waals surface area contributed by atoms with Crippen LogP contribution < -0.4 is 20.3 Å². The molecule has 0 saturated heterocycles. The summed E-state index contributed by atoms with van der Waals surface area (Å²) in [6, 6.07) is 19.4. The number of para-hydroxylation sites is 1. The van der Waals surface area contributed by atoms with Gasteiger partial charge in [-0.25, -0.2) is 4.68 Å². The summed E-state index contributed by atoms with van der Waals surface area (Å²) < 4.78 is 11.9. The minimum Gasteiger partial charge on any atom is -0.497 e. The first-order valence-electron chi connectivity index (χ1n) is 8.83. The Morgan fingerprint density at radius 1 is 1.00 bits per heavy atom. The Balaban J connectivity index is 1.57. The number of hydrogen-bond acceptors (Lipinski definition) is 5. The van der Waals surface area contributed by atoms with Crippen molar-refractivity contribution in [2.75, 3.05) is 13.7 Å². The van der Waals surface area contributed by atoms with Crippen molar-refractivity contribution >= 4 is 5.91 Å². The van der Waals surface area contributed by atoms with Crippen molar-refractivity contribution in [1.82, 2.24) is 15.1 Å². The third kappa shape index (κ3) is 5.20. The number of ether oxygens (including phenoxy) is 2. The van der Waals surface area contributed by atoms with E-state index in [-0.39, 0.29) is 30.3 Å². The average Bonchev–Trinajstić information content (AvgIpc) is 2.74. The Bertz CT molecular complexity index is 969. The number of benzene rings is 2. The van der Waals surface area contributed by atoms with Crippen LogP contribution in [-0.4, -0.2) is 29.4 Å². The number of carbonyl (C=O) groups is 1. The van der Waals surface area contributed by atoms with Crippen LogP contribution in [0.4, 0.5) is 0 Å². The van der Waals surface area contributed by atoms with Crippen molar-refractivity contribution in [3.63, 3.8) is 0 Å². The molecule has 0 bridgehead atoms. The summed E-state index contributed by atoms with van der Waals surface area (Å²) in [5.74, 6) is 1.11. The van der Waals surface area contributed by atoms with Crippen LogP contribution in [0.15, 0.2) is 71.5 Å². The van der Waals surface area contributed by atoms with Gasteiger partial charge in [0.1, 0.15) is 23.8 Å². The van der Waals surface area contributed by atoms with Crippen molar-refractivity contribution in [3.8, 4) is 11.5 Å². The predicted octanol–water partition coefficient (Wildman–Crippen LogP) is 2.26. The number of carbonyl (C=O) groups excluding carboxylic acids is 1. The third-order valence-corrected chi connectivity index (χ3v) is 4.03. The van der Waals surface area contributed by atoms with Crippen LogP contribution in [0.2, 0.25) is 0 Å². The fourth-order valence-electron chi connectivity index (χ4n) is 2.51. The summed E-state index contributed by atoms with van der Waals surface area (Å²) >= 11 is 0. The van der Waals surface area contributed by atoms with Gasteiger partial charge in [-0.05, 0) is 35.9 Å². The number of aromatic nitrogens is 2. The van der Waals surface area contributed by atoms with E-state index in [9.17, 15) is 9.59 Å². The highest BCUT2D eigenvalue weighted by Gasteiger charge is 2.10. The first kappa shape index (κ1) is 19.2. The summed E-state index contributed by atoms with van der Waals surface area (Å²) in [7, 11) is 1.60. The number of methoxy groups -OCH3 is 1. The third-order valence-electron chi connectivity index (χ3n) is 4.03. The number of amides is 1. The van der Waals surface area contributed by atoms with Crippen LogP contribution >= 0.6 is 0 Å². The highest BCUT2D eigenvalue weighted by Crippen LogP contribution is 2.11. The van der Waals surface area contributed by atoms with Gasteiger partial charge in [0.2, 0.25) is 0 Å². The van der Waals surface area contributed by atoms with Crippen molar-refractivity contribution in [1.29, 1.82) is 0 Å². The molecule has 0 radical (unpaired) electrons. The molecular formula is C21H21N3O4. The van der Waals surface area contributed by atoms with E-state index >= 15 is 0 Å². The zero-order chi connectivity index (χ0) is 19.8. The molecule has 28 heavy (non-hydrogen) atoms. The Hall–Kier alpha value is -3.61. The summed E-state index contributed by atoms with van der Waals surface area (Å²) in [6.45, 7) is 0.863. The lowest BCUT2D eigenvalue weighted by molar-refractivity contribution is 0.0943. The molecule has 144 valence electrons. The molecule has 0 atom stereocenters. The Labute approximate surface area is 162 Å². The molecule has 7 nitrogen and oxygen atoms in total. The molecule has 0 saturated carbocycles. The van der Waals surface area contributed by atoms with E-state index in [0.717, 1.165) is 11.3 Å². The molecule has 3 aromatic rings. The second-order valence-corrected chi connectivity index (χ2v) is 5.97. The summed E-state index contributed by atoms with van der Waals surface area (Å²) in [5.41, 5.74) is 0.815. The minimum absolute atomic E-state index is 0.174. The SMILES string of the molecule is COc1ccc(CNC(=O)c2ccc(=O)n(CCOc3ccccc3)n2)cc1. The van der Waals surface area contributed by atoms with Crippen molar-refractivity contribution in [3.05, 3.63) is 88.3 Å². The monoisotopic (exact) mass is 379 g/mol. The van der Waals surface area contributed by atoms with Crippen LogP contribution in [-0.2, 0) is 13.1 Å². The average molecular weight is 379 g/mol. The van der Waals surface area contributed by atoms with Crippen LogP contribution in [0.1, 0.15) is 16.1 Å². The molecule has 0 unspecified atom stereocenters. The first-order valence-corrected chi connectivity index (χ1v) is 8.83. The van der Waals surface area contributed by atoms with Crippen molar-refractivity contribution in [2.45, 2.75) is 13.1 Å². The summed E-state index contributed by atoms with van der Waals surface area (Å²) in [6.07, 6.45) is 0. The molecule has 1 amide bonds. The maximum atomic E-state index is 12.4. The van der Waals surface area contributed by atoms with Crippen molar-refractivity contribution in [2.24, 2.45) is 0 Å². The zero-order valence-corrected chi connectivity index (χ0v) is 15.5. The van der Waals surface area contributed by atoms with Crippen LogP contribution in [0.3, 0.4) is 0 Å². The fraction of sp³-hybridized carbons (Fsp3) is 0.190. The van der Waals surface area contributed by atoms with E-state index in [1.165, 1.54) is 16.8 Å². The quantitative estimate of drug-likeness (QED) is 0.649. The molecule has 0 fully saturated rings. The standard InChI is InChI=1S/C21H21N3O4/c1-27-17-9-7-16(8-10-17)15-22-21(26)19-11-12-20(25)24(23-19)13-14-28-18-5-3-2-4-6-18/h2-12H,13-15H2,1H3,(H,22,26). The number of nitrogens with zero attached hydrogens (tertiary/aromatic N) is 2. The first-order chi connectivity index (χ1) is 13.7. The molecule has 7 heteroatoms. The van der Waals surface area contributed by atoms with E-state index < -0.39 is 0 Å². The van der Waals surface area contributed by atoms with Gasteiger partial charge < -0.3 is 14.8 Å². The Morgan fingerprint density at radius 2 is 1.75 bits per heavy atom. The highest BCUT2D eigenvalue weighted by molar-refractivity contribution is 5.91. The number of nitrogens with one attached hydrogen (secondary N) is 1. The van der Waals surface area contributed by atoms with Gasteiger partial charge in [-0.15, -0.1) is 0 Å². The van der Waals surface area contributed by atoms with E-state index in [0.29, 0.717) is 12.3 Å². The molecule has 0 aliphatic carbocycles. The molecular weight excluding hydrogens is 358 g/mol. The van der Waals surface area contributed by atoms with Gasteiger partial charge in [0.05, 0.1) is 13.7 Å². The van der Waals surface area contributed by atoms with E-state index in [4.69, 9.17) is 9.47 Å². The van der Waals surface area contributed by atoms with E-state index in [2.05, 4.69) is 10.4 Å². The van der Waals surface area contributed by atoms with Gasteiger partial charge in [0.25, 0.3) is 11.5 Å². The van der Waals surface area contributed by atoms with E-state index in [1.807, 2.05) is 54.6 Å². The van der Waals surface area contributed by atoms with Crippen molar-refractivity contribution < 1.29 is 14.3 Å². The normalized spacial score (nSPS) is 10.3. The van der Waals surface area contributed by atoms with Gasteiger partial charge >= 0.3 is 0 Å². The molecule has 1 aromatic heterocycles. The smallest absolute Gasteiger partial charge is 0.271 e. The maximum Gasteiger partial charge on any atom is 0.271 e. The lowest BCUT2D eigenvalue weighted by Crippen LogP contribution is -2.30. The molecule has 1 N–H and O–H groups in total. The van der Waals surface area contributed by atoms with Gasteiger partial charge in [-0.1, -0.05) is 30.3 Å². The molecule has 3 rings (SSSR count). The second kappa shape index (κ2) is 9.36. The summed E-state index contributed by atoms with van der Waals surface area (Å²) in [5, 5.41) is 6.93. The molecule has 0 aliphatic rings. The zero-order valence-electron chi connectivity index (χ0n) is 15.5. The Kier molecular flexibility index (Phi) is 6.41. The Morgan fingerprint density at radius 3 is 2.46 bits per heavy atom. The lowest BCUT2D eigenvalue weighted by atomic mass is 10.2. The second-order valence-electron chi connectivity index (χ2n) is 5.97. The fourth-order valence-corrected chi connectivity index (χ4v) is 2.51. The minimum atomic E-state index is -0.353. The number of hydrogen-bond donors (Lipinski definition) is 1. The van der Waals surface area contributed by atoms with Gasteiger partial charge in [0.15, 0.2) is 0 Å². The van der Waals surface area contributed by atoms with Gasteiger partial charge in [-0.2, -0.15) is 5.10 Å². The molecule has 0 spiro atoms. The van der Waals surface area contributed by atoms with Gasteiger partial charge in [0, 0.05) is 12.6 Å². The predicted molar refractivity (Wildman–Crippen MR) is 105 cm³/mol. The summed E-state index contributed by atoms with van der Waals surface area (Å²) in [4.78, 5) is 24.3. The maximum absolute atomic E-state index is 12.4.